The molecule has 6 nitrogen and oxygen atoms in total. The molecule has 0 radical (unpaired) electrons. The molecule has 0 saturated carbocycles. The predicted molar refractivity (Wildman–Crippen MR) is 81.4 cm³/mol. The average Bonchev–Trinajstić information content (AvgIpc) is 2.54. The van der Waals surface area contributed by atoms with E-state index in [-0.39, 0.29) is 18.9 Å². The molecule has 2 atom stereocenters. The summed E-state index contributed by atoms with van der Waals surface area (Å²) in [6.07, 6.45) is 1.23. The Morgan fingerprint density at radius 1 is 1.36 bits per heavy atom. The van der Waals surface area contributed by atoms with Gasteiger partial charge in [0.25, 0.3) is 0 Å². The summed E-state index contributed by atoms with van der Waals surface area (Å²) >= 11 is 0. The zero-order valence-corrected chi connectivity index (χ0v) is 12.5. The van der Waals surface area contributed by atoms with E-state index in [1.807, 2.05) is 30.3 Å². The van der Waals surface area contributed by atoms with E-state index >= 15 is 0 Å². The number of alkyl carbamates (subject to hydrolysis) is 1. The van der Waals surface area contributed by atoms with Gasteiger partial charge in [-0.25, -0.2) is 4.79 Å². The highest BCUT2D eigenvalue weighted by atomic mass is 16.5. The van der Waals surface area contributed by atoms with Gasteiger partial charge < -0.3 is 20.5 Å². The summed E-state index contributed by atoms with van der Waals surface area (Å²) < 4.78 is 5.17. The van der Waals surface area contributed by atoms with Crippen molar-refractivity contribution in [2.24, 2.45) is 5.92 Å². The highest BCUT2D eigenvalue weighted by Gasteiger charge is 2.27. The number of carbonyl (C=O) groups excluding carboxylic acids is 1. The van der Waals surface area contributed by atoms with Crippen LogP contribution in [0.25, 0.3) is 0 Å². The fourth-order valence-electron chi connectivity index (χ4n) is 2.66. The number of hydrogen-bond donors (Lipinski definition) is 3. The standard InChI is InChI=1S/C16H22N2O4/c19-15(20)9-14(13-7-4-8-17-10-13)18-16(21)22-11-12-5-2-1-3-6-12/h1-3,5-6,13-14,17H,4,7-11H2,(H,18,21)(H,19,20)/t13-,14+/m0/s1. The van der Waals surface area contributed by atoms with Gasteiger partial charge in [0.2, 0.25) is 0 Å². The number of carbonyl (C=O) groups is 2. The number of benzene rings is 1. The minimum Gasteiger partial charge on any atom is -0.481 e. The molecule has 120 valence electrons. The van der Waals surface area contributed by atoms with Gasteiger partial charge in [-0.3, -0.25) is 4.79 Å². The molecule has 0 spiro atoms. The fraction of sp³-hybridized carbons (Fsp3) is 0.500. The van der Waals surface area contributed by atoms with E-state index in [4.69, 9.17) is 9.84 Å². The molecule has 0 bridgehead atoms. The molecule has 2 rings (SSSR count). The molecule has 1 saturated heterocycles. The third-order valence-electron chi connectivity index (χ3n) is 3.81. The monoisotopic (exact) mass is 306 g/mol. The van der Waals surface area contributed by atoms with Gasteiger partial charge in [-0.2, -0.15) is 0 Å². The second-order valence-corrected chi connectivity index (χ2v) is 5.52. The third kappa shape index (κ3) is 5.37. The molecule has 1 aromatic rings. The molecule has 1 amide bonds. The Labute approximate surface area is 129 Å². The number of rotatable bonds is 6. The molecule has 1 aliphatic rings. The topological polar surface area (TPSA) is 87.7 Å². The van der Waals surface area contributed by atoms with E-state index in [0.717, 1.165) is 31.5 Å². The first-order valence-corrected chi connectivity index (χ1v) is 7.55. The van der Waals surface area contributed by atoms with Gasteiger partial charge in [-0.1, -0.05) is 30.3 Å². The molecule has 1 aromatic carbocycles. The number of amides is 1. The molecular formula is C16H22N2O4. The van der Waals surface area contributed by atoms with E-state index in [1.165, 1.54) is 0 Å². The molecule has 1 heterocycles. The van der Waals surface area contributed by atoms with Crippen molar-refractivity contribution in [3.05, 3.63) is 35.9 Å². The van der Waals surface area contributed by atoms with Gasteiger partial charge in [-0.15, -0.1) is 0 Å². The average molecular weight is 306 g/mol. The number of hydrogen-bond acceptors (Lipinski definition) is 4. The molecule has 0 aliphatic carbocycles. The van der Waals surface area contributed by atoms with Crippen molar-refractivity contribution in [3.63, 3.8) is 0 Å². The first kappa shape index (κ1) is 16.3. The Morgan fingerprint density at radius 2 is 2.14 bits per heavy atom. The van der Waals surface area contributed by atoms with Crippen LogP contribution in [0, 0.1) is 5.92 Å². The van der Waals surface area contributed by atoms with Gasteiger partial charge in [0.1, 0.15) is 6.61 Å². The molecule has 1 aliphatic heterocycles. The summed E-state index contributed by atoms with van der Waals surface area (Å²) in [5, 5.41) is 15.0. The number of ether oxygens (including phenoxy) is 1. The SMILES string of the molecule is O=C(O)C[C@@H](NC(=O)OCc1ccccc1)[C@H]1CCCNC1. The maximum absolute atomic E-state index is 11.9. The smallest absolute Gasteiger partial charge is 0.407 e. The van der Waals surface area contributed by atoms with Gasteiger partial charge in [0.15, 0.2) is 0 Å². The van der Waals surface area contributed by atoms with Gasteiger partial charge in [0.05, 0.1) is 6.42 Å². The van der Waals surface area contributed by atoms with Crippen molar-refractivity contribution in [3.8, 4) is 0 Å². The van der Waals surface area contributed by atoms with Crippen molar-refractivity contribution in [2.45, 2.75) is 31.9 Å². The van der Waals surface area contributed by atoms with E-state index in [1.54, 1.807) is 0 Å². The summed E-state index contributed by atoms with van der Waals surface area (Å²) in [7, 11) is 0. The highest BCUT2D eigenvalue weighted by molar-refractivity contribution is 5.71. The van der Waals surface area contributed by atoms with Crippen LogP contribution in [-0.2, 0) is 16.1 Å². The van der Waals surface area contributed by atoms with Crippen LogP contribution in [0.4, 0.5) is 4.79 Å². The molecule has 3 N–H and O–H groups in total. The molecule has 0 unspecified atom stereocenters. The van der Waals surface area contributed by atoms with Crippen LogP contribution in [0.2, 0.25) is 0 Å². The zero-order valence-electron chi connectivity index (χ0n) is 12.5. The first-order valence-electron chi connectivity index (χ1n) is 7.55. The second kappa shape index (κ2) is 8.38. The Hall–Kier alpha value is -2.08. The van der Waals surface area contributed by atoms with E-state index < -0.39 is 18.1 Å². The number of aliphatic carboxylic acids is 1. The summed E-state index contributed by atoms with van der Waals surface area (Å²) in [5.41, 5.74) is 0.895. The Kier molecular flexibility index (Phi) is 6.21. The van der Waals surface area contributed by atoms with Gasteiger partial charge in [-0.05, 0) is 37.4 Å². The summed E-state index contributed by atoms with van der Waals surface area (Å²) in [6.45, 7) is 1.83. The second-order valence-electron chi connectivity index (χ2n) is 5.52. The number of carboxylic acids is 1. The number of piperidine rings is 1. The summed E-state index contributed by atoms with van der Waals surface area (Å²) in [5.74, 6) is -0.798. The van der Waals surface area contributed by atoms with E-state index in [9.17, 15) is 9.59 Å². The molecule has 22 heavy (non-hydrogen) atoms. The fourth-order valence-corrected chi connectivity index (χ4v) is 2.66. The lowest BCUT2D eigenvalue weighted by molar-refractivity contribution is -0.137. The van der Waals surface area contributed by atoms with E-state index in [2.05, 4.69) is 10.6 Å². The van der Waals surface area contributed by atoms with Crippen molar-refractivity contribution in [1.82, 2.24) is 10.6 Å². The molecule has 0 aromatic heterocycles. The van der Waals surface area contributed by atoms with Crippen LogP contribution in [0.15, 0.2) is 30.3 Å². The minimum absolute atomic E-state index is 0.0905. The van der Waals surface area contributed by atoms with Crippen LogP contribution >= 0.6 is 0 Å². The van der Waals surface area contributed by atoms with E-state index in [0.29, 0.717) is 0 Å². The van der Waals surface area contributed by atoms with Crippen molar-refractivity contribution >= 4 is 12.1 Å². The maximum Gasteiger partial charge on any atom is 0.407 e. The van der Waals surface area contributed by atoms with Gasteiger partial charge >= 0.3 is 12.1 Å². The number of nitrogens with one attached hydrogen (secondary N) is 2. The third-order valence-corrected chi connectivity index (χ3v) is 3.81. The largest absolute Gasteiger partial charge is 0.481 e. The van der Waals surface area contributed by atoms with Gasteiger partial charge in [0, 0.05) is 6.04 Å². The lowest BCUT2D eigenvalue weighted by atomic mass is 9.90. The lowest BCUT2D eigenvalue weighted by Crippen LogP contribution is -2.47. The quantitative estimate of drug-likeness (QED) is 0.745. The Bertz CT molecular complexity index is 486. The normalized spacial score (nSPS) is 19.2. The van der Waals surface area contributed by atoms with Crippen molar-refractivity contribution in [2.75, 3.05) is 13.1 Å². The minimum atomic E-state index is -0.918. The van der Waals surface area contributed by atoms with Crippen LogP contribution < -0.4 is 10.6 Å². The predicted octanol–water partition coefficient (Wildman–Crippen LogP) is 1.76. The van der Waals surface area contributed by atoms with Crippen LogP contribution in [0.3, 0.4) is 0 Å². The van der Waals surface area contributed by atoms with Crippen molar-refractivity contribution < 1.29 is 19.4 Å². The van der Waals surface area contributed by atoms with Crippen molar-refractivity contribution in [1.29, 1.82) is 0 Å². The Balaban J connectivity index is 1.85. The molecular weight excluding hydrogens is 284 g/mol. The zero-order chi connectivity index (χ0) is 15.8. The van der Waals surface area contributed by atoms with Crippen LogP contribution in [0.1, 0.15) is 24.8 Å². The first-order chi connectivity index (χ1) is 10.6. The summed E-state index contributed by atoms with van der Waals surface area (Å²) in [6, 6.07) is 8.96. The number of carboxylic acid groups (broad SMARTS) is 1. The molecule has 1 fully saturated rings. The Morgan fingerprint density at radius 3 is 2.77 bits per heavy atom. The summed E-state index contributed by atoms with van der Waals surface area (Å²) in [4.78, 5) is 22.9. The molecule has 6 heteroatoms. The lowest BCUT2D eigenvalue weighted by Gasteiger charge is -2.30. The van der Waals surface area contributed by atoms with Crippen LogP contribution in [-0.4, -0.2) is 36.3 Å². The van der Waals surface area contributed by atoms with Crippen LogP contribution in [0.5, 0.6) is 0 Å². The highest BCUT2D eigenvalue weighted by Crippen LogP contribution is 2.17. The maximum atomic E-state index is 11.9.